The molecule has 3 heteroatoms. The van der Waals surface area contributed by atoms with Crippen molar-refractivity contribution in [3.8, 4) is 0 Å². The molecule has 0 radical (unpaired) electrons. The molecule has 0 heterocycles. The van der Waals surface area contributed by atoms with Gasteiger partial charge in [0.25, 0.3) is 0 Å². The highest BCUT2D eigenvalue weighted by atomic mass is 16.5. The quantitative estimate of drug-likeness (QED) is 0.505. The Bertz CT molecular complexity index is 109. The first-order valence-corrected chi connectivity index (χ1v) is 5.72. The number of ether oxygens (including phenoxy) is 2. The molecule has 0 spiro atoms. The van der Waals surface area contributed by atoms with Crippen LogP contribution in [0.2, 0.25) is 0 Å². The van der Waals surface area contributed by atoms with Crippen LogP contribution in [0.3, 0.4) is 0 Å². The van der Waals surface area contributed by atoms with E-state index in [4.69, 9.17) is 9.47 Å². The SMILES string of the molecule is CCCN(CC)CCOCCOCC. The Morgan fingerprint density at radius 3 is 2.14 bits per heavy atom. The van der Waals surface area contributed by atoms with Crippen molar-refractivity contribution in [3.05, 3.63) is 0 Å². The molecule has 0 saturated heterocycles. The molecule has 0 N–H and O–H groups in total. The van der Waals surface area contributed by atoms with E-state index < -0.39 is 0 Å². The molecular weight excluding hydrogens is 178 g/mol. The molecule has 86 valence electrons. The Balaban J connectivity index is 3.15. The van der Waals surface area contributed by atoms with E-state index >= 15 is 0 Å². The van der Waals surface area contributed by atoms with Crippen LogP contribution in [0.25, 0.3) is 0 Å². The van der Waals surface area contributed by atoms with E-state index in [2.05, 4.69) is 18.7 Å². The lowest BCUT2D eigenvalue weighted by Gasteiger charge is -2.19. The molecule has 0 aliphatic heterocycles. The summed E-state index contributed by atoms with van der Waals surface area (Å²) in [6, 6.07) is 0. The smallest absolute Gasteiger partial charge is 0.0701 e. The fourth-order valence-corrected chi connectivity index (χ4v) is 1.30. The third kappa shape index (κ3) is 8.48. The van der Waals surface area contributed by atoms with E-state index in [0.717, 1.165) is 39.5 Å². The van der Waals surface area contributed by atoms with E-state index in [-0.39, 0.29) is 0 Å². The minimum atomic E-state index is 0.719. The van der Waals surface area contributed by atoms with Crippen molar-refractivity contribution in [1.29, 1.82) is 0 Å². The van der Waals surface area contributed by atoms with Gasteiger partial charge < -0.3 is 14.4 Å². The molecule has 0 bridgehead atoms. The summed E-state index contributed by atoms with van der Waals surface area (Å²) < 4.78 is 10.6. The summed E-state index contributed by atoms with van der Waals surface area (Å²) in [6.45, 7) is 12.8. The van der Waals surface area contributed by atoms with Gasteiger partial charge in [0.1, 0.15) is 0 Å². The van der Waals surface area contributed by atoms with Gasteiger partial charge in [-0.1, -0.05) is 13.8 Å². The van der Waals surface area contributed by atoms with E-state index in [1.807, 2.05) is 6.92 Å². The van der Waals surface area contributed by atoms with Crippen LogP contribution < -0.4 is 0 Å². The third-order valence-corrected chi connectivity index (χ3v) is 2.12. The van der Waals surface area contributed by atoms with Crippen LogP contribution in [-0.2, 0) is 9.47 Å². The summed E-state index contributed by atoms with van der Waals surface area (Å²) in [5, 5.41) is 0. The summed E-state index contributed by atoms with van der Waals surface area (Å²) in [6.07, 6.45) is 1.22. The van der Waals surface area contributed by atoms with Gasteiger partial charge >= 0.3 is 0 Å². The second kappa shape index (κ2) is 11.0. The van der Waals surface area contributed by atoms with Gasteiger partial charge in [0.2, 0.25) is 0 Å². The molecule has 0 fully saturated rings. The van der Waals surface area contributed by atoms with Crippen LogP contribution in [0.4, 0.5) is 0 Å². The standard InChI is InChI=1S/C11H25NO2/c1-4-7-12(5-2)8-9-14-11-10-13-6-3/h4-11H2,1-3H3. The highest BCUT2D eigenvalue weighted by molar-refractivity contribution is 4.52. The molecule has 0 rings (SSSR count). The largest absolute Gasteiger partial charge is 0.379 e. The maximum Gasteiger partial charge on any atom is 0.0701 e. The van der Waals surface area contributed by atoms with Gasteiger partial charge in [-0.25, -0.2) is 0 Å². The van der Waals surface area contributed by atoms with Gasteiger partial charge in [0, 0.05) is 13.2 Å². The minimum Gasteiger partial charge on any atom is -0.379 e. The topological polar surface area (TPSA) is 21.7 Å². The van der Waals surface area contributed by atoms with Crippen molar-refractivity contribution in [3.63, 3.8) is 0 Å². The highest BCUT2D eigenvalue weighted by Gasteiger charge is 1.99. The van der Waals surface area contributed by atoms with Gasteiger partial charge in [-0.15, -0.1) is 0 Å². The zero-order valence-electron chi connectivity index (χ0n) is 9.92. The molecular formula is C11H25NO2. The molecule has 0 unspecified atom stereocenters. The number of hydrogen-bond acceptors (Lipinski definition) is 3. The summed E-state index contributed by atoms with van der Waals surface area (Å²) in [5.41, 5.74) is 0. The van der Waals surface area contributed by atoms with Gasteiger partial charge in [0.15, 0.2) is 0 Å². The van der Waals surface area contributed by atoms with E-state index in [0.29, 0.717) is 0 Å². The first kappa shape index (κ1) is 13.9. The Labute approximate surface area is 88.4 Å². The van der Waals surface area contributed by atoms with Crippen LogP contribution in [0, 0.1) is 0 Å². The molecule has 0 aromatic carbocycles. The van der Waals surface area contributed by atoms with Crippen LogP contribution in [-0.4, -0.2) is 51.0 Å². The fraction of sp³-hybridized carbons (Fsp3) is 1.00. The molecule has 3 nitrogen and oxygen atoms in total. The van der Waals surface area contributed by atoms with Crippen molar-refractivity contribution >= 4 is 0 Å². The molecule has 0 aliphatic carbocycles. The monoisotopic (exact) mass is 203 g/mol. The zero-order chi connectivity index (χ0) is 10.6. The molecule has 0 amide bonds. The fourth-order valence-electron chi connectivity index (χ4n) is 1.30. The minimum absolute atomic E-state index is 0.719. The first-order valence-electron chi connectivity index (χ1n) is 5.72. The summed E-state index contributed by atoms with van der Waals surface area (Å²) in [7, 11) is 0. The lowest BCUT2D eigenvalue weighted by Crippen LogP contribution is -2.28. The molecule has 0 saturated carbocycles. The van der Waals surface area contributed by atoms with E-state index in [1.54, 1.807) is 0 Å². The second-order valence-corrected chi connectivity index (χ2v) is 3.24. The average Bonchev–Trinajstić information content (AvgIpc) is 2.21. The van der Waals surface area contributed by atoms with Crippen LogP contribution >= 0.6 is 0 Å². The summed E-state index contributed by atoms with van der Waals surface area (Å²) >= 11 is 0. The summed E-state index contributed by atoms with van der Waals surface area (Å²) in [4.78, 5) is 2.40. The lowest BCUT2D eigenvalue weighted by atomic mass is 10.4. The van der Waals surface area contributed by atoms with E-state index in [1.165, 1.54) is 13.0 Å². The van der Waals surface area contributed by atoms with Crippen LogP contribution in [0.15, 0.2) is 0 Å². The number of hydrogen-bond donors (Lipinski definition) is 0. The maximum atomic E-state index is 5.45. The predicted molar refractivity (Wildman–Crippen MR) is 59.7 cm³/mol. The Kier molecular flexibility index (Phi) is 10.9. The van der Waals surface area contributed by atoms with Crippen LogP contribution in [0.5, 0.6) is 0 Å². The van der Waals surface area contributed by atoms with Crippen molar-refractivity contribution in [2.45, 2.75) is 27.2 Å². The Hall–Kier alpha value is -0.120. The Morgan fingerprint density at radius 2 is 1.57 bits per heavy atom. The van der Waals surface area contributed by atoms with Crippen molar-refractivity contribution < 1.29 is 9.47 Å². The predicted octanol–water partition coefficient (Wildman–Crippen LogP) is 1.77. The van der Waals surface area contributed by atoms with Crippen LogP contribution in [0.1, 0.15) is 27.2 Å². The molecule has 14 heavy (non-hydrogen) atoms. The Morgan fingerprint density at radius 1 is 0.857 bits per heavy atom. The van der Waals surface area contributed by atoms with E-state index in [9.17, 15) is 0 Å². The second-order valence-electron chi connectivity index (χ2n) is 3.24. The summed E-state index contributed by atoms with van der Waals surface area (Å²) in [5.74, 6) is 0. The maximum absolute atomic E-state index is 5.45. The van der Waals surface area contributed by atoms with Crippen molar-refractivity contribution in [2.24, 2.45) is 0 Å². The number of likely N-dealkylation sites (N-methyl/N-ethyl adjacent to an activating group) is 1. The lowest BCUT2D eigenvalue weighted by molar-refractivity contribution is 0.0433. The van der Waals surface area contributed by atoms with Gasteiger partial charge in [0.05, 0.1) is 19.8 Å². The van der Waals surface area contributed by atoms with Crippen molar-refractivity contribution in [1.82, 2.24) is 4.90 Å². The van der Waals surface area contributed by atoms with Crippen molar-refractivity contribution in [2.75, 3.05) is 46.1 Å². The number of nitrogens with zero attached hydrogens (tertiary/aromatic N) is 1. The average molecular weight is 203 g/mol. The zero-order valence-corrected chi connectivity index (χ0v) is 9.92. The first-order chi connectivity index (χ1) is 6.85. The molecule has 0 aromatic rings. The van der Waals surface area contributed by atoms with Gasteiger partial charge in [-0.05, 0) is 26.4 Å². The molecule has 0 aromatic heterocycles. The molecule has 0 aliphatic rings. The normalized spacial score (nSPS) is 11.1. The molecule has 0 atom stereocenters. The number of rotatable bonds is 10. The van der Waals surface area contributed by atoms with Gasteiger partial charge in [-0.3, -0.25) is 0 Å². The highest BCUT2D eigenvalue weighted by Crippen LogP contribution is 1.90. The third-order valence-electron chi connectivity index (χ3n) is 2.12. The van der Waals surface area contributed by atoms with Gasteiger partial charge in [-0.2, -0.15) is 0 Å².